The Kier molecular flexibility index (Phi) is 16.2. The Hall–Kier alpha value is -2.81. The van der Waals surface area contributed by atoms with Gasteiger partial charge in [-0.05, 0) is 62.6 Å². The van der Waals surface area contributed by atoms with E-state index in [1.807, 2.05) is 12.1 Å². The smallest absolute Gasteiger partial charge is 0.305 e. The van der Waals surface area contributed by atoms with E-state index >= 15 is 0 Å². The van der Waals surface area contributed by atoms with Gasteiger partial charge in [0, 0.05) is 12.8 Å². The zero-order chi connectivity index (χ0) is 22.4. The van der Waals surface area contributed by atoms with Gasteiger partial charge >= 0.3 is 5.97 Å². The number of allylic oxidation sites excluding steroid dienone is 10. The second kappa shape index (κ2) is 19.2. The number of unbranched alkanes of at least 4 members (excludes halogenated alkanes) is 1. The molecule has 0 aliphatic carbocycles. The normalized spacial score (nSPS) is 12.3. The molecule has 0 radical (unpaired) electrons. The molecular weight excluding hydrogens is 384 g/mol. The van der Waals surface area contributed by atoms with E-state index in [4.69, 9.17) is 4.74 Å². The van der Waals surface area contributed by atoms with Crippen molar-refractivity contribution < 1.29 is 14.6 Å². The molecule has 0 fully saturated rings. The molecule has 0 atom stereocenters. The summed E-state index contributed by atoms with van der Waals surface area (Å²) in [6, 6.07) is 6.96. The maximum Gasteiger partial charge on any atom is 0.305 e. The highest BCUT2D eigenvalue weighted by Crippen LogP contribution is 2.10. The number of hydrogen-bond donors (Lipinski definition) is 1. The minimum Gasteiger partial charge on any atom is -0.508 e. The first-order valence-corrected chi connectivity index (χ1v) is 11.4. The lowest BCUT2D eigenvalue weighted by Gasteiger charge is -2.04. The van der Waals surface area contributed by atoms with E-state index in [0.717, 1.165) is 50.5 Å². The molecule has 0 bridgehead atoms. The molecule has 0 aromatic heterocycles. The van der Waals surface area contributed by atoms with Gasteiger partial charge in [0.2, 0.25) is 0 Å². The number of ether oxygens (including phenoxy) is 1. The van der Waals surface area contributed by atoms with Crippen LogP contribution in [0.25, 0.3) is 0 Å². The summed E-state index contributed by atoms with van der Waals surface area (Å²) in [5.41, 5.74) is 1.05. The van der Waals surface area contributed by atoms with Gasteiger partial charge in [0.1, 0.15) is 5.75 Å². The average molecular weight is 423 g/mol. The first kappa shape index (κ1) is 26.2. The summed E-state index contributed by atoms with van der Waals surface area (Å²) in [6.07, 6.45) is 29.6. The number of carbonyl (C=O) groups excluding carboxylic acids is 1. The molecule has 168 valence electrons. The number of carbonyl (C=O) groups is 1. The standard InChI is InChI=1S/C28H38O3/c1-2-3-4-5-6-7-8-9-10-11-12-13-14-15-16-17-18-19-28(30)31-25-24-26-20-22-27(29)23-21-26/h3-4,6-7,9-10,12-13,15-16,20-23,29H,2,5,8,11,14,17-19,24-25H2,1H3/b4-3-,7-6-,10-9-,13-12-,16-15-. The number of phenolic OH excluding ortho intramolecular Hbond substituents is 1. The molecule has 0 heterocycles. The van der Waals surface area contributed by atoms with E-state index in [1.54, 1.807) is 12.1 Å². The Morgan fingerprint density at radius 1 is 0.806 bits per heavy atom. The van der Waals surface area contributed by atoms with E-state index in [0.29, 0.717) is 19.4 Å². The fraction of sp³-hybridized carbons (Fsp3) is 0.393. The SMILES string of the molecule is CC/C=C\C/C=C\C/C=C\C/C=C\C/C=C\CCCC(=O)OCCc1ccc(O)cc1. The van der Waals surface area contributed by atoms with Gasteiger partial charge in [-0.25, -0.2) is 0 Å². The Morgan fingerprint density at radius 3 is 1.87 bits per heavy atom. The maximum atomic E-state index is 11.7. The van der Waals surface area contributed by atoms with Crippen LogP contribution in [0, 0.1) is 0 Å². The van der Waals surface area contributed by atoms with Gasteiger partial charge in [0.15, 0.2) is 0 Å². The molecule has 0 amide bonds. The number of rotatable bonds is 16. The molecule has 31 heavy (non-hydrogen) atoms. The Bertz CT molecular complexity index is 721. The molecule has 0 saturated carbocycles. The Labute approximate surface area is 188 Å². The lowest BCUT2D eigenvalue weighted by atomic mass is 10.1. The summed E-state index contributed by atoms with van der Waals surface area (Å²) < 4.78 is 5.25. The van der Waals surface area contributed by atoms with Crippen LogP contribution in [-0.4, -0.2) is 17.7 Å². The topological polar surface area (TPSA) is 46.5 Å². The molecule has 0 spiro atoms. The molecular formula is C28H38O3. The predicted molar refractivity (Wildman–Crippen MR) is 131 cm³/mol. The number of hydrogen-bond acceptors (Lipinski definition) is 3. The molecule has 3 heteroatoms. The van der Waals surface area contributed by atoms with Crippen LogP contribution in [0.1, 0.15) is 63.9 Å². The summed E-state index contributed by atoms with van der Waals surface area (Å²) in [4.78, 5) is 11.7. The summed E-state index contributed by atoms with van der Waals surface area (Å²) in [6.45, 7) is 2.53. The molecule has 1 N–H and O–H groups in total. The van der Waals surface area contributed by atoms with Crippen LogP contribution < -0.4 is 0 Å². The molecule has 1 rings (SSSR count). The van der Waals surface area contributed by atoms with Crippen molar-refractivity contribution in [2.75, 3.05) is 6.61 Å². The summed E-state index contributed by atoms with van der Waals surface area (Å²) in [5.74, 6) is 0.0990. The van der Waals surface area contributed by atoms with Crippen molar-refractivity contribution in [1.82, 2.24) is 0 Å². The number of aromatic hydroxyl groups is 1. The molecule has 1 aromatic carbocycles. The summed E-state index contributed by atoms with van der Waals surface area (Å²) in [5, 5.41) is 9.24. The second-order valence-electron chi connectivity index (χ2n) is 7.24. The quantitative estimate of drug-likeness (QED) is 0.171. The van der Waals surface area contributed by atoms with E-state index in [9.17, 15) is 9.90 Å². The van der Waals surface area contributed by atoms with Gasteiger partial charge in [0.25, 0.3) is 0 Å². The predicted octanol–water partition coefficient (Wildman–Crippen LogP) is 7.40. The highest BCUT2D eigenvalue weighted by molar-refractivity contribution is 5.69. The van der Waals surface area contributed by atoms with Crippen LogP contribution in [0.4, 0.5) is 0 Å². The van der Waals surface area contributed by atoms with Gasteiger partial charge in [-0.2, -0.15) is 0 Å². The summed E-state index contributed by atoms with van der Waals surface area (Å²) in [7, 11) is 0. The molecule has 1 aromatic rings. The highest BCUT2D eigenvalue weighted by Gasteiger charge is 2.02. The molecule has 3 nitrogen and oxygen atoms in total. The van der Waals surface area contributed by atoms with Crippen molar-refractivity contribution >= 4 is 5.97 Å². The van der Waals surface area contributed by atoms with E-state index in [1.165, 1.54) is 0 Å². The first-order valence-electron chi connectivity index (χ1n) is 11.4. The van der Waals surface area contributed by atoms with Gasteiger partial charge in [0.05, 0.1) is 6.61 Å². The lowest BCUT2D eigenvalue weighted by Crippen LogP contribution is -2.07. The molecule has 0 aliphatic rings. The molecule has 0 saturated heterocycles. The Balaban J connectivity index is 1.96. The van der Waals surface area contributed by atoms with Gasteiger partial charge in [-0.15, -0.1) is 0 Å². The van der Waals surface area contributed by atoms with Crippen molar-refractivity contribution in [3.05, 3.63) is 90.6 Å². The fourth-order valence-electron chi connectivity index (χ4n) is 2.75. The largest absolute Gasteiger partial charge is 0.508 e. The van der Waals surface area contributed by atoms with Crippen molar-refractivity contribution in [2.45, 2.75) is 64.7 Å². The number of phenols is 1. The van der Waals surface area contributed by atoms with Crippen LogP contribution in [0.15, 0.2) is 85.0 Å². The first-order chi connectivity index (χ1) is 15.2. The van der Waals surface area contributed by atoms with Crippen LogP contribution >= 0.6 is 0 Å². The lowest BCUT2D eigenvalue weighted by molar-refractivity contribution is -0.143. The average Bonchev–Trinajstić information content (AvgIpc) is 2.77. The Morgan fingerprint density at radius 2 is 1.32 bits per heavy atom. The third kappa shape index (κ3) is 16.7. The minimum atomic E-state index is -0.147. The van der Waals surface area contributed by atoms with E-state index < -0.39 is 0 Å². The van der Waals surface area contributed by atoms with E-state index in [-0.39, 0.29) is 11.7 Å². The zero-order valence-electron chi connectivity index (χ0n) is 18.9. The highest BCUT2D eigenvalue weighted by atomic mass is 16.5. The van der Waals surface area contributed by atoms with Crippen LogP contribution in [0.2, 0.25) is 0 Å². The van der Waals surface area contributed by atoms with Crippen molar-refractivity contribution in [3.8, 4) is 5.75 Å². The zero-order valence-corrected chi connectivity index (χ0v) is 18.9. The molecule has 0 aliphatic heterocycles. The third-order valence-electron chi connectivity index (χ3n) is 4.50. The second-order valence-corrected chi connectivity index (χ2v) is 7.24. The monoisotopic (exact) mass is 422 g/mol. The van der Waals surface area contributed by atoms with Crippen LogP contribution in [0.5, 0.6) is 5.75 Å². The minimum absolute atomic E-state index is 0.147. The van der Waals surface area contributed by atoms with Gasteiger partial charge in [-0.1, -0.05) is 79.8 Å². The third-order valence-corrected chi connectivity index (χ3v) is 4.50. The van der Waals surface area contributed by atoms with Crippen molar-refractivity contribution in [3.63, 3.8) is 0 Å². The number of benzene rings is 1. The maximum absolute atomic E-state index is 11.7. The van der Waals surface area contributed by atoms with Gasteiger partial charge in [-0.3, -0.25) is 4.79 Å². The van der Waals surface area contributed by atoms with Crippen molar-refractivity contribution in [2.24, 2.45) is 0 Å². The van der Waals surface area contributed by atoms with Gasteiger partial charge < -0.3 is 9.84 Å². The fourth-order valence-corrected chi connectivity index (χ4v) is 2.75. The van der Waals surface area contributed by atoms with Crippen LogP contribution in [-0.2, 0) is 16.0 Å². The summed E-state index contributed by atoms with van der Waals surface area (Å²) >= 11 is 0. The van der Waals surface area contributed by atoms with Crippen LogP contribution in [0.3, 0.4) is 0 Å². The van der Waals surface area contributed by atoms with Crippen molar-refractivity contribution in [1.29, 1.82) is 0 Å². The number of esters is 1. The molecule has 0 unspecified atom stereocenters. The van der Waals surface area contributed by atoms with E-state index in [2.05, 4.69) is 67.7 Å².